The fraction of sp³-hybridized carbons (Fsp3) is 0.227. The Morgan fingerprint density at radius 2 is 1.89 bits per heavy atom. The molecule has 2 aromatic carbocycles. The van der Waals surface area contributed by atoms with Crippen molar-refractivity contribution in [1.29, 1.82) is 0 Å². The number of hydrogen-bond acceptors (Lipinski definition) is 4. The number of carbonyl (C=O) groups is 1. The van der Waals surface area contributed by atoms with Crippen molar-refractivity contribution in [2.45, 2.75) is 25.8 Å². The zero-order valence-corrected chi connectivity index (χ0v) is 15.3. The minimum atomic E-state index is -0.0824. The summed E-state index contributed by atoms with van der Waals surface area (Å²) in [6.07, 6.45) is 3.21. The van der Waals surface area contributed by atoms with Crippen LogP contribution in [0.2, 0.25) is 0 Å². The molecule has 0 fully saturated rings. The molecule has 5 heteroatoms. The van der Waals surface area contributed by atoms with Crippen LogP contribution in [0.4, 0.5) is 11.5 Å². The summed E-state index contributed by atoms with van der Waals surface area (Å²) in [5, 5.41) is 3.29. The molecule has 1 atom stereocenters. The van der Waals surface area contributed by atoms with Crippen LogP contribution in [0.1, 0.15) is 28.5 Å². The molecule has 1 amide bonds. The second kappa shape index (κ2) is 7.58. The van der Waals surface area contributed by atoms with Crippen LogP contribution in [0, 0.1) is 0 Å². The number of rotatable bonds is 5. The Hall–Kier alpha value is -3.21. The van der Waals surface area contributed by atoms with Crippen molar-refractivity contribution in [3.05, 3.63) is 83.8 Å². The molecule has 0 spiro atoms. The van der Waals surface area contributed by atoms with Gasteiger partial charge in [0.1, 0.15) is 17.8 Å². The topological polar surface area (TPSA) is 58.1 Å². The highest BCUT2D eigenvalue weighted by Crippen LogP contribution is 2.32. The second-order valence-corrected chi connectivity index (χ2v) is 6.81. The predicted molar refractivity (Wildman–Crippen MR) is 107 cm³/mol. The molecule has 1 aromatic heterocycles. The van der Waals surface area contributed by atoms with Crippen LogP contribution in [0.15, 0.2) is 67.0 Å². The van der Waals surface area contributed by atoms with Gasteiger partial charge in [0.05, 0.1) is 0 Å². The van der Waals surface area contributed by atoms with Gasteiger partial charge < -0.3 is 10.2 Å². The number of amides is 1. The van der Waals surface area contributed by atoms with E-state index in [1.54, 1.807) is 6.07 Å². The number of nitrogens with one attached hydrogen (secondary N) is 1. The number of aromatic nitrogens is 2. The third-order valence-electron chi connectivity index (χ3n) is 4.87. The van der Waals surface area contributed by atoms with E-state index < -0.39 is 0 Å². The van der Waals surface area contributed by atoms with Crippen LogP contribution in [0.3, 0.4) is 0 Å². The molecule has 0 saturated heterocycles. The van der Waals surface area contributed by atoms with Crippen molar-refractivity contribution >= 4 is 17.4 Å². The number of benzene rings is 2. The maximum absolute atomic E-state index is 13.1. The number of para-hydroxylation sites is 1. The maximum Gasteiger partial charge on any atom is 0.277 e. The van der Waals surface area contributed by atoms with Crippen molar-refractivity contribution in [2.75, 3.05) is 16.8 Å². The molecular formula is C22H22N4O. The smallest absolute Gasteiger partial charge is 0.277 e. The molecule has 136 valence electrons. The molecule has 1 aliphatic heterocycles. The van der Waals surface area contributed by atoms with Gasteiger partial charge in [0.15, 0.2) is 0 Å². The van der Waals surface area contributed by atoms with Crippen LogP contribution in [0.25, 0.3) is 0 Å². The van der Waals surface area contributed by atoms with E-state index in [2.05, 4.69) is 40.4 Å². The van der Waals surface area contributed by atoms with E-state index in [4.69, 9.17) is 0 Å². The van der Waals surface area contributed by atoms with E-state index in [9.17, 15) is 4.79 Å². The van der Waals surface area contributed by atoms with Crippen molar-refractivity contribution < 1.29 is 4.79 Å². The van der Waals surface area contributed by atoms with Gasteiger partial charge in [-0.1, -0.05) is 48.5 Å². The van der Waals surface area contributed by atoms with Gasteiger partial charge in [-0.15, -0.1) is 0 Å². The first-order valence-electron chi connectivity index (χ1n) is 9.23. The second-order valence-electron chi connectivity index (χ2n) is 6.81. The molecular weight excluding hydrogens is 336 g/mol. The highest BCUT2D eigenvalue weighted by molar-refractivity contribution is 6.06. The lowest BCUT2D eigenvalue weighted by Crippen LogP contribution is -2.36. The number of anilines is 2. The molecule has 4 rings (SSSR count). The SMILES string of the molecule is CC1Cc2ccccc2N1C(=O)c1cc(NCCc2ccccc2)ncn1. The lowest BCUT2D eigenvalue weighted by atomic mass is 10.1. The standard InChI is InChI=1S/C22H22N4O/c1-16-13-18-9-5-6-10-20(18)26(16)22(27)19-14-21(25-15-24-19)23-12-11-17-7-3-2-4-8-17/h2-10,14-16H,11-13H2,1H3,(H,23,24,25). The van der Waals surface area contributed by atoms with E-state index in [-0.39, 0.29) is 11.9 Å². The molecule has 0 aliphatic carbocycles. The summed E-state index contributed by atoms with van der Waals surface area (Å²) in [5.41, 5.74) is 3.86. The summed E-state index contributed by atoms with van der Waals surface area (Å²) >= 11 is 0. The van der Waals surface area contributed by atoms with Crippen molar-refractivity contribution in [3.63, 3.8) is 0 Å². The van der Waals surface area contributed by atoms with Gasteiger partial charge in [0, 0.05) is 24.3 Å². The largest absolute Gasteiger partial charge is 0.370 e. The minimum absolute atomic E-state index is 0.0824. The Kier molecular flexibility index (Phi) is 4.83. The van der Waals surface area contributed by atoms with E-state index in [0.29, 0.717) is 11.5 Å². The average Bonchev–Trinajstić information content (AvgIpc) is 3.04. The van der Waals surface area contributed by atoms with Gasteiger partial charge >= 0.3 is 0 Å². The maximum atomic E-state index is 13.1. The molecule has 1 aliphatic rings. The molecule has 1 N–H and O–H groups in total. The summed E-state index contributed by atoms with van der Waals surface area (Å²) in [6, 6.07) is 20.2. The fourth-order valence-corrected chi connectivity index (χ4v) is 3.55. The zero-order valence-electron chi connectivity index (χ0n) is 15.3. The predicted octanol–water partition coefficient (Wildman–Crippen LogP) is 3.72. The quantitative estimate of drug-likeness (QED) is 0.755. The van der Waals surface area contributed by atoms with E-state index in [1.165, 1.54) is 17.5 Å². The molecule has 0 saturated carbocycles. The Labute approximate surface area is 159 Å². The van der Waals surface area contributed by atoms with Gasteiger partial charge in [-0.3, -0.25) is 4.79 Å². The minimum Gasteiger partial charge on any atom is -0.370 e. The average molecular weight is 358 g/mol. The van der Waals surface area contributed by atoms with Crippen molar-refractivity contribution in [2.24, 2.45) is 0 Å². The van der Waals surface area contributed by atoms with E-state index in [0.717, 1.165) is 25.1 Å². The lowest BCUT2D eigenvalue weighted by molar-refractivity contribution is 0.0976. The third kappa shape index (κ3) is 3.67. The number of hydrogen-bond donors (Lipinski definition) is 1. The Balaban J connectivity index is 1.47. The van der Waals surface area contributed by atoms with Gasteiger partial charge in [-0.25, -0.2) is 9.97 Å². The highest BCUT2D eigenvalue weighted by atomic mass is 16.2. The van der Waals surface area contributed by atoms with Gasteiger partial charge in [-0.05, 0) is 37.0 Å². The first-order chi connectivity index (χ1) is 13.2. The van der Waals surface area contributed by atoms with Crippen LogP contribution in [-0.2, 0) is 12.8 Å². The van der Waals surface area contributed by atoms with Crippen molar-refractivity contribution in [3.8, 4) is 0 Å². The first-order valence-corrected chi connectivity index (χ1v) is 9.23. The molecule has 5 nitrogen and oxygen atoms in total. The van der Waals surface area contributed by atoms with Gasteiger partial charge in [-0.2, -0.15) is 0 Å². The normalized spacial score (nSPS) is 15.4. The number of nitrogens with zero attached hydrogens (tertiary/aromatic N) is 3. The van der Waals surface area contributed by atoms with Crippen LogP contribution in [-0.4, -0.2) is 28.5 Å². The molecule has 0 radical (unpaired) electrons. The van der Waals surface area contributed by atoms with Gasteiger partial charge in [0.2, 0.25) is 0 Å². The summed E-state index contributed by atoms with van der Waals surface area (Å²) in [6.45, 7) is 2.82. The third-order valence-corrected chi connectivity index (χ3v) is 4.87. The van der Waals surface area contributed by atoms with E-state index >= 15 is 0 Å². The van der Waals surface area contributed by atoms with Crippen LogP contribution >= 0.6 is 0 Å². The molecule has 0 bridgehead atoms. The molecule has 1 unspecified atom stereocenters. The molecule has 3 aromatic rings. The molecule has 2 heterocycles. The first kappa shape index (κ1) is 17.2. The fourth-order valence-electron chi connectivity index (χ4n) is 3.55. The molecule has 27 heavy (non-hydrogen) atoms. The number of fused-ring (bicyclic) bond motifs is 1. The lowest BCUT2D eigenvalue weighted by Gasteiger charge is -2.22. The Morgan fingerprint density at radius 3 is 2.74 bits per heavy atom. The van der Waals surface area contributed by atoms with Gasteiger partial charge in [0.25, 0.3) is 5.91 Å². The summed E-state index contributed by atoms with van der Waals surface area (Å²) < 4.78 is 0. The van der Waals surface area contributed by atoms with E-state index in [1.807, 2.05) is 41.3 Å². The zero-order chi connectivity index (χ0) is 18.6. The highest BCUT2D eigenvalue weighted by Gasteiger charge is 2.31. The Morgan fingerprint density at radius 1 is 1.11 bits per heavy atom. The number of carbonyl (C=O) groups excluding carboxylic acids is 1. The summed E-state index contributed by atoms with van der Waals surface area (Å²) in [5.74, 6) is 0.588. The summed E-state index contributed by atoms with van der Waals surface area (Å²) in [4.78, 5) is 23.4. The van der Waals surface area contributed by atoms with Crippen LogP contribution < -0.4 is 10.2 Å². The van der Waals surface area contributed by atoms with Crippen LogP contribution in [0.5, 0.6) is 0 Å². The Bertz CT molecular complexity index is 942. The monoisotopic (exact) mass is 358 g/mol. The van der Waals surface area contributed by atoms with Crippen molar-refractivity contribution in [1.82, 2.24) is 9.97 Å². The summed E-state index contributed by atoms with van der Waals surface area (Å²) in [7, 11) is 0.